The van der Waals surface area contributed by atoms with Gasteiger partial charge in [0.05, 0.1) is 48.9 Å². The Balaban J connectivity index is 1.38. The van der Waals surface area contributed by atoms with Gasteiger partial charge in [0.25, 0.3) is 0 Å². The number of hydrogen-bond donors (Lipinski definition) is 0. The van der Waals surface area contributed by atoms with Crippen molar-refractivity contribution in [1.29, 1.82) is 0 Å². The van der Waals surface area contributed by atoms with Crippen molar-refractivity contribution in [3.05, 3.63) is 106 Å². The van der Waals surface area contributed by atoms with Crippen LogP contribution in [-0.4, -0.2) is 57.9 Å². The van der Waals surface area contributed by atoms with E-state index in [-0.39, 0.29) is 23.6 Å². The number of allylic oxidation sites excluding steroid dienone is 6. The second-order valence-electron chi connectivity index (χ2n) is 14.8. The van der Waals surface area contributed by atoms with Gasteiger partial charge >= 0.3 is 12.0 Å². The van der Waals surface area contributed by atoms with E-state index >= 15 is 0 Å². The number of ether oxygens (including phenoxy) is 4. The van der Waals surface area contributed by atoms with E-state index in [1.54, 1.807) is 12.2 Å². The maximum atomic E-state index is 13.7. The number of nitrogens with zero attached hydrogens (tertiary/aromatic N) is 4. The fraction of sp³-hybridized carbons (Fsp3) is 0.320. The van der Waals surface area contributed by atoms with E-state index in [2.05, 4.69) is 71.9 Å². The van der Waals surface area contributed by atoms with Crippen molar-refractivity contribution in [3.8, 4) is 23.8 Å². The predicted octanol–water partition coefficient (Wildman–Crippen LogP) is 9.21. The second-order valence-corrected chi connectivity index (χ2v) is 14.8. The standard InChI is InChI=1S/C50H52N4O6/c1-5-9-29-57-47-45-39(43(55)27-25-41(45)51-49(53-47)59-31-11-7-3)23-21-37-33-17-13-15-19-35(33)38(36-20-16-14-18-34(36)37)22-24-40-44(56)28-26-42-46(40)48(58-30-10-6-2)54-50(52-42)60-32-12-8-4/h13-28H,5-12,29-32H2,1-4H3/b37-21?,38-22?,39-23+,40-24+. The van der Waals surface area contributed by atoms with Crippen molar-refractivity contribution >= 4 is 68.6 Å². The third-order valence-corrected chi connectivity index (χ3v) is 10.4. The Labute approximate surface area is 351 Å². The monoisotopic (exact) mass is 804 g/mol. The topological polar surface area (TPSA) is 123 Å². The minimum absolute atomic E-state index is 0.166. The predicted molar refractivity (Wildman–Crippen MR) is 239 cm³/mol. The molecule has 0 amide bonds. The SMILES string of the molecule is CCCCOc1nc2c(c(OCCCC)n1)/C(=C/C=c1c3ccccc3c(=C/C=C3\C(=O)C=Cc4nc(OCCCC)nc(OCCCC)c43)c3ccccc13)C(=O)C=C2. The number of fused-ring (bicyclic) bond motifs is 4. The molecule has 0 N–H and O–H groups in total. The molecule has 0 atom stereocenters. The zero-order chi connectivity index (χ0) is 41.8. The highest BCUT2D eigenvalue weighted by molar-refractivity contribution is 6.31. The van der Waals surface area contributed by atoms with E-state index < -0.39 is 0 Å². The minimum atomic E-state index is -0.166. The molecule has 2 aliphatic rings. The van der Waals surface area contributed by atoms with Gasteiger partial charge in [0.15, 0.2) is 11.6 Å². The van der Waals surface area contributed by atoms with Crippen molar-refractivity contribution in [1.82, 2.24) is 19.9 Å². The summed E-state index contributed by atoms with van der Waals surface area (Å²) in [7, 11) is 0. The van der Waals surface area contributed by atoms with Crippen LogP contribution in [0.15, 0.2) is 72.8 Å². The molecule has 0 saturated carbocycles. The molecule has 0 aliphatic heterocycles. The molecule has 60 heavy (non-hydrogen) atoms. The Morgan fingerprint density at radius 3 is 1.15 bits per heavy atom. The first-order valence-corrected chi connectivity index (χ1v) is 21.3. The number of unbranched alkanes of at least 4 members (excludes halogenated alkanes) is 4. The van der Waals surface area contributed by atoms with Crippen LogP contribution in [0.5, 0.6) is 23.8 Å². The summed E-state index contributed by atoms with van der Waals surface area (Å²) in [6, 6.07) is 16.8. The van der Waals surface area contributed by atoms with Crippen LogP contribution in [0.2, 0.25) is 0 Å². The smallest absolute Gasteiger partial charge is 0.320 e. The van der Waals surface area contributed by atoms with E-state index in [1.807, 2.05) is 48.6 Å². The first kappa shape index (κ1) is 41.7. The molecule has 0 radical (unpaired) electrons. The summed E-state index contributed by atoms with van der Waals surface area (Å²) in [5.74, 6) is 0.341. The van der Waals surface area contributed by atoms with Crippen LogP contribution in [0.3, 0.4) is 0 Å². The molecule has 2 heterocycles. The lowest BCUT2D eigenvalue weighted by molar-refractivity contribution is -0.110. The van der Waals surface area contributed by atoms with Gasteiger partial charge in [-0.1, -0.05) is 114 Å². The molecule has 3 aromatic carbocycles. The molecule has 2 aliphatic carbocycles. The molecule has 10 heteroatoms. The largest absolute Gasteiger partial charge is 0.477 e. The molecule has 0 fully saturated rings. The van der Waals surface area contributed by atoms with Crippen molar-refractivity contribution in [2.24, 2.45) is 0 Å². The van der Waals surface area contributed by atoms with Crippen LogP contribution in [0.25, 0.3) is 57.0 Å². The summed E-state index contributed by atoms with van der Waals surface area (Å²) < 4.78 is 24.2. The lowest BCUT2D eigenvalue weighted by Crippen LogP contribution is -2.16. The number of ketones is 2. The Kier molecular flexibility index (Phi) is 13.9. The fourth-order valence-corrected chi connectivity index (χ4v) is 7.15. The molecule has 2 aromatic heterocycles. The number of carbonyl (C=O) groups is 2. The summed E-state index contributed by atoms with van der Waals surface area (Å²) in [6.07, 6.45) is 21.5. The summed E-state index contributed by atoms with van der Waals surface area (Å²) in [4.78, 5) is 46.0. The zero-order valence-corrected chi connectivity index (χ0v) is 35.0. The second kappa shape index (κ2) is 20.0. The zero-order valence-electron chi connectivity index (χ0n) is 35.0. The molecular weight excluding hydrogens is 753 g/mol. The third-order valence-electron chi connectivity index (χ3n) is 10.4. The van der Waals surface area contributed by atoms with Gasteiger partial charge in [-0.25, -0.2) is 0 Å². The van der Waals surface area contributed by atoms with Crippen LogP contribution in [-0.2, 0) is 9.59 Å². The van der Waals surface area contributed by atoms with Crippen LogP contribution in [0, 0.1) is 0 Å². The Hall–Kier alpha value is -6.42. The maximum Gasteiger partial charge on any atom is 0.320 e. The van der Waals surface area contributed by atoms with Crippen LogP contribution in [0.1, 0.15) is 102 Å². The first-order valence-electron chi connectivity index (χ1n) is 21.3. The number of carbonyl (C=O) groups excluding carboxylic acids is 2. The molecule has 0 bridgehead atoms. The number of benzene rings is 3. The number of hydrogen-bond acceptors (Lipinski definition) is 10. The summed E-state index contributed by atoms with van der Waals surface area (Å²) in [6.45, 7) is 10.3. The van der Waals surface area contributed by atoms with E-state index in [4.69, 9.17) is 18.9 Å². The van der Waals surface area contributed by atoms with Gasteiger partial charge in [0.2, 0.25) is 11.8 Å². The average Bonchev–Trinajstić information content (AvgIpc) is 3.26. The van der Waals surface area contributed by atoms with Crippen LogP contribution in [0.4, 0.5) is 0 Å². The summed E-state index contributed by atoms with van der Waals surface area (Å²) in [5, 5.41) is 5.78. The van der Waals surface area contributed by atoms with Gasteiger partial charge in [0, 0.05) is 11.1 Å². The van der Waals surface area contributed by atoms with E-state index in [0.717, 1.165) is 83.3 Å². The normalized spacial score (nSPS) is 14.5. The highest BCUT2D eigenvalue weighted by Crippen LogP contribution is 2.36. The van der Waals surface area contributed by atoms with Gasteiger partial charge in [-0.2, -0.15) is 19.9 Å². The molecule has 5 aromatic rings. The summed E-state index contributed by atoms with van der Waals surface area (Å²) in [5.41, 5.74) is 3.13. The minimum Gasteiger partial charge on any atom is -0.477 e. The first-order chi connectivity index (χ1) is 29.4. The molecule has 10 nitrogen and oxygen atoms in total. The van der Waals surface area contributed by atoms with Crippen LogP contribution < -0.4 is 29.4 Å². The van der Waals surface area contributed by atoms with Crippen LogP contribution >= 0.6 is 0 Å². The summed E-state index contributed by atoms with van der Waals surface area (Å²) >= 11 is 0. The van der Waals surface area contributed by atoms with Crippen molar-refractivity contribution in [2.75, 3.05) is 26.4 Å². The van der Waals surface area contributed by atoms with Gasteiger partial charge in [0.1, 0.15) is 0 Å². The molecular formula is C50H52N4O6. The molecule has 7 rings (SSSR count). The van der Waals surface area contributed by atoms with E-state index in [0.29, 0.717) is 71.8 Å². The Bertz CT molecular complexity index is 2420. The third kappa shape index (κ3) is 9.23. The highest BCUT2D eigenvalue weighted by atomic mass is 16.5. The van der Waals surface area contributed by atoms with E-state index in [1.165, 1.54) is 12.2 Å². The van der Waals surface area contributed by atoms with Crippen molar-refractivity contribution in [2.45, 2.75) is 79.1 Å². The number of rotatable bonds is 18. The maximum absolute atomic E-state index is 13.7. The molecule has 0 saturated heterocycles. The van der Waals surface area contributed by atoms with Gasteiger partial charge < -0.3 is 18.9 Å². The highest BCUT2D eigenvalue weighted by Gasteiger charge is 2.27. The van der Waals surface area contributed by atoms with Gasteiger partial charge in [-0.3, -0.25) is 9.59 Å². The Morgan fingerprint density at radius 1 is 0.450 bits per heavy atom. The molecule has 0 unspecified atom stereocenters. The molecule has 308 valence electrons. The lowest BCUT2D eigenvalue weighted by Gasteiger charge is -2.18. The van der Waals surface area contributed by atoms with Crippen molar-refractivity contribution < 1.29 is 28.5 Å². The molecule has 0 spiro atoms. The average molecular weight is 805 g/mol. The van der Waals surface area contributed by atoms with Gasteiger partial charge in [-0.05, 0) is 94.1 Å². The van der Waals surface area contributed by atoms with Crippen molar-refractivity contribution in [3.63, 3.8) is 0 Å². The number of aromatic nitrogens is 4. The van der Waals surface area contributed by atoms with E-state index in [9.17, 15) is 9.59 Å². The lowest BCUT2D eigenvalue weighted by atomic mass is 9.92. The fourth-order valence-electron chi connectivity index (χ4n) is 7.15. The van der Waals surface area contributed by atoms with Gasteiger partial charge in [-0.15, -0.1) is 0 Å². The quantitative estimate of drug-likeness (QED) is 0.0481. The Morgan fingerprint density at radius 2 is 0.800 bits per heavy atom.